The number of carbonyl (C=O) groups excluding carboxylic acids is 5. The normalized spacial score (nSPS) is 21.9. The summed E-state index contributed by atoms with van der Waals surface area (Å²) in [4.78, 5) is 80.3. The van der Waals surface area contributed by atoms with Gasteiger partial charge in [-0.25, -0.2) is 4.98 Å². The van der Waals surface area contributed by atoms with E-state index in [0.717, 1.165) is 59.6 Å². The number of nitrogens with one attached hydrogen (secondary N) is 1. The van der Waals surface area contributed by atoms with Crippen LogP contribution in [-0.2, 0) is 48.3 Å². The van der Waals surface area contributed by atoms with Crippen LogP contribution < -0.4 is 25.6 Å². The van der Waals surface area contributed by atoms with E-state index in [2.05, 4.69) is 15.5 Å². The molecule has 55 heavy (non-hydrogen) atoms. The maximum Gasteiger partial charge on any atom is 0.292 e. The standard InChI is InChI=1S/C38H38N8O7S2/c39-38-40-27(21-55-38)30(42-53-26-6-2-3-7-26)33(48)41-31-35(50)46-32(37(51)52)25(20-54-36(31)46)17-24-11-15-44(34(24)49)18-22-9-13-43(14-10-22)19-29(47)45-16-12-23-5-1-4-8-28(23)45/h1,4-5,8-10,13-14,17,21,26,31,36H,2-3,6-7,11-12,15-16,18-20H2,(H3-,39,40,41,48,51,52)/t31-,36-/m1/s1. The molecule has 2 aromatic heterocycles. The number of amides is 4. The molecule has 4 amide bonds. The number of carbonyl (C=O) groups is 5. The van der Waals surface area contributed by atoms with E-state index in [1.807, 2.05) is 58.3 Å². The van der Waals surface area contributed by atoms with Gasteiger partial charge in [-0.15, -0.1) is 23.1 Å². The Labute approximate surface area is 324 Å². The number of pyridine rings is 1. The number of oxime groups is 1. The van der Waals surface area contributed by atoms with Crippen LogP contribution in [0.5, 0.6) is 0 Å². The minimum Gasteiger partial charge on any atom is -0.543 e. The number of fused-ring (bicyclic) bond motifs is 2. The Morgan fingerprint density at radius 1 is 1.09 bits per heavy atom. The molecule has 1 saturated carbocycles. The van der Waals surface area contributed by atoms with Crippen molar-refractivity contribution < 1.29 is 38.5 Å². The molecule has 1 aliphatic carbocycles. The third-order valence-corrected chi connectivity index (χ3v) is 12.4. The number of nitrogens with two attached hydrogens (primary N) is 1. The molecule has 284 valence electrons. The van der Waals surface area contributed by atoms with E-state index in [-0.39, 0.29) is 52.5 Å². The van der Waals surface area contributed by atoms with Gasteiger partial charge in [0.2, 0.25) is 12.5 Å². The minimum absolute atomic E-state index is 0.00549. The van der Waals surface area contributed by atoms with Crippen LogP contribution in [0, 0.1) is 0 Å². The van der Waals surface area contributed by atoms with Crippen LogP contribution in [-0.4, -0.2) is 86.5 Å². The minimum atomic E-state index is -1.55. The summed E-state index contributed by atoms with van der Waals surface area (Å²) in [7, 11) is 0. The van der Waals surface area contributed by atoms with E-state index in [4.69, 9.17) is 10.6 Å². The third-order valence-electron chi connectivity index (χ3n) is 10.5. The molecule has 0 radical (unpaired) electrons. The van der Waals surface area contributed by atoms with Gasteiger partial charge in [0.25, 0.3) is 17.7 Å². The number of nitrogen functional groups attached to an aromatic ring is 1. The van der Waals surface area contributed by atoms with E-state index < -0.39 is 29.2 Å². The van der Waals surface area contributed by atoms with E-state index in [1.165, 1.54) is 17.3 Å². The van der Waals surface area contributed by atoms with Crippen molar-refractivity contribution in [2.24, 2.45) is 5.16 Å². The Kier molecular flexibility index (Phi) is 10.1. The average Bonchev–Trinajstić information content (AvgIpc) is 4.01. The first-order chi connectivity index (χ1) is 26.6. The van der Waals surface area contributed by atoms with Gasteiger partial charge in [-0.1, -0.05) is 23.4 Å². The summed E-state index contributed by atoms with van der Waals surface area (Å²) < 4.78 is 1.81. The summed E-state index contributed by atoms with van der Waals surface area (Å²) in [6.45, 7) is 1.63. The number of β-lactam (4-membered cyclic amide) rings is 1. The fourth-order valence-electron chi connectivity index (χ4n) is 7.59. The van der Waals surface area contributed by atoms with Crippen molar-refractivity contribution >= 4 is 69.2 Å². The van der Waals surface area contributed by atoms with Gasteiger partial charge in [0.05, 0.1) is 11.7 Å². The van der Waals surface area contributed by atoms with Crippen molar-refractivity contribution in [3.05, 3.63) is 93.9 Å². The van der Waals surface area contributed by atoms with Gasteiger partial charge >= 0.3 is 0 Å². The smallest absolute Gasteiger partial charge is 0.292 e. The number of anilines is 2. The summed E-state index contributed by atoms with van der Waals surface area (Å²) >= 11 is 2.41. The molecule has 0 unspecified atom stereocenters. The number of hydrogen-bond acceptors (Lipinski definition) is 12. The Balaban J connectivity index is 0.904. The molecule has 3 fully saturated rings. The summed E-state index contributed by atoms with van der Waals surface area (Å²) in [6.07, 6.45) is 9.96. The molecule has 4 aliphatic heterocycles. The maximum absolute atomic E-state index is 13.5. The zero-order chi connectivity index (χ0) is 38.2. The molecule has 1 aromatic carbocycles. The van der Waals surface area contributed by atoms with E-state index in [0.29, 0.717) is 37.2 Å². The number of hydrogen-bond donors (Lipinski definition) is 2. The first-order valence-corrected chi connectivity index (χ1v) is 20.1. The van der Waals surface area contributed by atoms with Crippen molar-refractivity contribution in [3.63, 3.8) is 0 Å². The first kappa shape index (κ1) is 36.4. The van der Waals surface area contributed by atoms with Gasteiger partial charge in [0.1, 0.15) is 23.2 Å². The number of nitrogens with zero attached hydrogens (tertiary/aromatic N) is 6. The number of carboxylic acids is 1. The van der Waals surface area contributed by atoms with Crippen LogP contribution in [0.15, 0.2) is 82.2 Å². The number of aliphatic carboxylic acids is 1. The van der Waals surface area contributed by atoms with Gasteiger partial charge in [-0.2, -0.15) is 4.57 Å². The Bertz CT molecular complexity index is 2160. The number of thiazole rings is 1. The molecule has 2 atom stereocenters. The molecule has 3 N–H and O–H groups in total. The van der Waals surface area contributed by atoms with Crippen LogP contribution in [0.1, 0.15) is 48.9 Å². The number of aromatic nitrogens is 2. The molecule has 6 heterocycles. The van der Waals surface area contributed by atoms with Crippen LogP contribution >= 0.6 is 23.1 Å². The lowest BCUT2D eigenvalue weighted by molar-refractivity contribution is -0.684. The molecular formula is C38H38N8O7S2. The molecular weight excluding hydrogens is 745 g/mol. The lowest BCUT2D eigenvalue weighted by Gasteiger charge is -2.50. The number of allylic oxidation sites excluding steroid dienone is 1. The van der Waals surface area contributed by atoms with Crippen LogP contribution in [0.2, 0.25) is 0 Å². The maximum atomic E-state index is 13.5. The highest BCUT2D eigenvalue weighted by Crippen LogP contribution is 2.41. The zero-order valence-electron chi connectivity index (χ0n) is 29.7. The number of thioether (sulfide) groups is 1. The number of carboxylic acid groups (broad SMARTS) is 1. The summed E-state index contributed by atoms with van der Waals surface area (Å²) in [5.74, 6) is -2.91. The van der Waals surface area contributed by atoms with E-state index in [1.54, 1.807) is 16.4 Å². The van der Waals surface area contributed by atoms with Crippen molar-refractivity contribution in [2.75, 3.05) is 29.5 Å². The van der Waals surface area contributed by atoms with E-state index >= 15 is 0 Å². The van der Waals surface area contributed by atoms with Crippen LogP contribution in [0.4, 0.5) is 10.8 Å². The van der Waals surface area contributed by atoms with Crippen molar-refractivity contribution in [1.82, 2.24) is 20.1 Å². The average molecular weight is 783 g/mol. The van der Waals surface area contributed by atoms with Crippen molar-refractivity contribution in [2.45, 2.75) is 69.1 Å². The number of likely N-dealkylation sites (tertiary alicyclic amines) is 1. The van der Waals surface area contributed by atoms with Crippen molar-refractivity contribution in [1.29, 1.82) is 0 Å². The van der Waals surface area contributed by atoms with Gasteiger partial charge in [-0.3, -0.25) is 24.1 Å². The fraction of sp³-hybridized carbons (Fsp3) is 0.368. The summed E-state index contributed by atoms with van der Waals surface area (Å²) in [5.41, 5.74) is 9.31. The molecule has 8 rings (SSSR count). The molecule has 0 spiro atoms. The highest BCUT2D eigenvalue weighted by Gasteiger charge is 2.53. The molecule has 5 aliphatic rings. The predicted octanol–water partition coefficient (Wildman–Crippen LogP) is 1.03. The number of rotatable bonds is 11. The third kappa shape index (κ3) is 7.33. The fourth-order valence-corrected chi connectivity index (χ4v) is 9.45. The lowest BCUT2D eigenvalue weighted by atomic mass is 10.0. The van der Waals surface area contributed by atoms with Gasteiger partial charge in [0.15, 0.2) is 23.2 Å². The van der Waals surface area contributed by atoms with Gasteiger partial charge < -0.3 is 35.6 Å². The molecule has 15 nitrogen and oxygen atoms in total. The SMILES string of the molecule is Nc1nc(C(=NOC2CCCC2)C(=O)N[C@@H]2C(=O)N3C(C(=O)[O-])=C(C=C4CCN(Cc5cc[n+](CC(=O)N6CCc7ccccc76)cc5)C4=O)CS[C@H]23)cs1. The second kappa shape index (κ2) is 15.3. The Morgan fingerprint density at radius 3 is 2.62 bits per heavy atom. The quantitative estimate of drug-likeness (QED) is 0.0933. The second-order valence-electron chi connectivity index (χ2n) is 14.0. The number of benzene rings is 1. The predicted molar refractivity (Wildman–Crippen MR) is 201 cm³/mol. The monoisotopic (exact) mass is 782 g/mol. The van der Waals surface area contributed by atoms with Gasteiger partial charge in [0, 0.05) is 54.2 Å². The number of para-hydroxylation sites is 1. The summed E-state index contributed by atoms with van der Waals surface area (Å²) in [5, 5.41) is 20.4. The summed E-state index contributed by atoms with van der Waals surface area (Å²) in [6, 6.07) is 10.7. The Hall–Kier alpha value is -5.55. The molecule has 0 bridgehead atoms. The lowest BCUT2D eigenvalue weighted by Crippen LogP contribution is -2.71. The van der Waals surface area contributed by atoms with Gasteiger partial charge in [-0.05, 0) is 67.4 Å². The molecule has 3 aromatic rings. The largest absolute Gasteiger partial charge is 0.543 e. The second-order valence-corrected chi connectivity index (χ2v) is 16.0. The van der Waals surface area contributed by atoms with Crippen molar-refractivity contribution in [3.8, 4) is 0 Å². The topological polar surface area (TPSA) is 195 Å². The zero-order valence-corrected chi connectivity index (χ0v) is 31.4. The first-order valence-electron chi connectivity index (χ1n) is 18.2. The molecule has 17 heteroatoms. The highest BCUT2D eigenvalue weighted by molar-refractivity contribution is 8.00. The van der Waals surface area contributed by atoms with Crippen LogP contribution in [0.25, 0.3) is 0 Å². The van der Waals surface area contributed by atoms with E-state index in [9.17, 15) is 29.1 Å². The Morgan fingerprint density at radius 2 is 1.87 bits per heavy atom. The van der Waals surface area contributed by atoms with Crippen LogP contribution in [0.3, 0.4) is 0 Å². The molecule has 2 saturated heterocycles. The highest BCUT2D eigenvalue weighted by atomic mass is 32.2.